The summed E-state index contributed by atoms with van der Waals surface area (Å²) < 4.78 is 0. The standard InChI is InChI=1S/2C14H16.C12H12.C2H6.2CH4/c1-10(2)12-7-8-14-11(3)5-4-6-13(14)9-12;1-10(2)13-8-7-12-6-4-5-11(3)14(12)9-13;1-9-7-8-10(2)12-6-4-3-5-11(9)12;1-2;;/h2*4-10H,1-3H3;3-8H,1-2H3;1-2H3;2*1H4. The second kappa shape index (κ2) is 18.0. The van der Waals surface area contributed by atoms with E-state index in [0.717, 1.165) is 0 Å². The Balaban J connectivity index is 0.000000315. The maximum atomic E-state index is 2.31. The number of rotatable bonds is 2. The van der Waals surface area contributed by atoms with Crippen molar-refractivity contribution in [1.82, 2.24) is 0 Å². The van der Waals surface area contributed by atoms with Crippen LogP contribution in [0.3, 0.4) is 0 Å². The summed E-state index contributed by atoms with van der Waals surface area (Å²) in [5, 5.41) is 8.20. The van der Waals surface area contributed by atoms with Gasteiger partial charge < -0.3 is 0 Å². The minimum atomic E-state index is 0. The highest BCUT2D eigenvalue weighted by Gasteiger charge is 2.03. The van der Waals surface area contributed by atoms with Crippen molar-refractivity contribution in [3.05, 3.63) is 143 Å². The van der Waals surface area contributed by atoms with Gasteiger partial charge >= 0.3 is 0 Å². The first-order valence-electron chi connectivity index (χ1n) is 15.6. The first-order chi connectivity index (χ1) is 20.2. The molecule has 0 aliphatic rings. The van der Waals surface area contributed by atoms with Crippen LogP contribution in [0.15, 0.2) is 109 Å². The highest BCUT2D eigenvalue weighted by atomic mass is 14.1. The van der Waals surface area contributed by atoms with Gasteiger partial charge in [-0.25, -0.2) is 0 Å². The fourth-order valence-corrected chi connectivity index (χ4v) is 5.23. The average molecular weight is 587 g/mol. The van der Waals surface area contributed by atoms with Crippen LogP contribution >= 0.6 is 0 Å². The van der Waals surface area contributed by atoms with Crippen molar-refractivity contribution >= 4 is 32.3 Å². The van der Waals surface area contributed by atoms with E-state index in [4.69, 9.17) is 0 Å². The van der Waals surface area contributed by atoms with Crippen LogP contribution in [0, 0.1) is 27.7 Å². The van der Waals surface area contributed by atoms with E-state index < -0.39 is 0 Å². The van der Waals surface area contributed by atoms with Crippen LogP contribution in [0.1, 0.15) is 102 Å². The Kier molecular flexibility index (Phi) is 15.6. The van der Waals surface area contributed by atoms with E-state index in [2.05, 4.69) is 165 Å². The molecular weight excluding hydrogens is 528 g/mol. The van der Waals surface area contributed by atoms with E-state index in [1.807, 2.05) is 13.8 Å². The molecule has 6 rings (SSSR count). The van der Waals surface area contributed by atoms with Gasteiger partial charge in [0, 0.05) is 0 Å². The SMILES string of the molecule is C.C.CC.Cc1ccc(C)c2ccccc12.Cc1cccc2cc(C(C)C)ccc12.Cc1cccc2ccc(C(C)C)cc12. The number of hydrogen-bond acceptors (Lipinski definition) is 0. The van der Waals surface area contributed by atoms with Crippen molar-refractivity contribution < 1.29 is 0 Å². The molecule has 0 saturated heterocycles. The van der Waals surface area contributed by atoms with Gasteiger partial charge in [0.15, 0.2) is 0 Å². The summed E-state index contributed by atoms with van der Waals surface area (Å²) in [6.07, 6.45) is 0. The largest absolute Gasteiger partial charge is 0.0776 e. The van der Waals surface area contributed by atoms with Gasteiger partial charge in [-0.2, -0.15) is 0 Å². The number of aryl methyl sites for hydroxylation is 4. The fraction of sp³-hybridized carbons (Fsp3) is 0.318. The molecule has 6 aromatic carbocycles. The Hall–Kier alpha value is -3.90. The minimum Gasteiger partial charge on any atom is -0.0776 e. The Morgan fingerprint density at radius 1 is 0.364 bits per heavy atom. The van der Waals surface area contributed by atoms with E-state index in [1.165, 1.54) is 65.7 Å². The lowest BCUT2D eigenvalue weighted by molar-refractivity contribution is 0.868. The van der Waals surface area contributed by atoms with Crippen molar-refractivity contribution in [3.63, 3.8) is 0 Å². The molecule has 0 nitrogen and oxygen atoms in total. The topological polar surface area (TPSA) is 0 Å². The Bertz CT molecular complexity index is 1690. The van der Waals surface area contributed by atoms with Gasteiger partial charge in [-0.1, -0.05) is 166 Å². The van der Waals surface area contributed by atoms with Crippen molar-refractivity contribution in [2.75, 3.05) is 0 Å². The first kappa shape index (κ1) is 38.1. The normalized spacial score (nSPS) is 10.1. The molecule has 0 heterocycles. The Morgan fingerprint density at radius 3 is 1.32 bits per heavy atom. The molecule has 6 aromatic rings. The van der Waals surface area contributed by atoms with Crippen molar-refractivity contribution in [1.29, 1.82) is 0 Å². The first-order valence-corrected chi connectivity index (χ1v) is 15.6. The van der Waals surface area contributed by atoms with E-state index in [-0.39, 0.29) is 14.9 Å². The summed E-state index contributed by atoms with van der Waals surface area (Å²) in [6.45, 7) is 21.6. The summed E-state index contributed by atoms with van der Waals surface area (Å²) in [4.78, 5) is 0. The lowest BCUT2D eigenvalue weighted by Crippen LogP contribution is -1.87. The van der Waals surface area contributed by atoms with Crippen LogP contribution in [0.25, 0.3) is 32.3 Å². The van der Waals surface area contributed by atoms with Gasteiger partial charge in [-0.15, -0.1) is 0 Å². The number of fused-ring (bicyclic) bond motifs is 3. The molecule has 0 aliphatic carbocycles. The third-order valence-electron chi connectivity index (χ3n) is 7.94. The molecule has 0 spiro atoms. The Morgan fingerprint density at radius 2 is 0.795 bits per heavy atom. The van der Waals surface area contributed by atoms with Gasteiger partial charge in [-0.05, 0) is 105 Å². The van der Waals surface area contributed by atoms with Gasteiger partial charge in [0.2, 0.25) is 0 Å². The van der Waals surface area contributed by atoms with E-state index >= 15 is 0 Å². The highest BCUT2D eigenvalue weighted by Crippen LogP contribution is 2.25. The fourth-order valence-electron chi connectivity index (χ4n) is 5.23. The maximum Gasteiger partial charge on any atom is -0.0152 e. The van der Waals surface area contributed by atoms with Gasteiger partial charge in [0.05, 0.1) is 0 Å². The van der Waals surface area contributed by atoms with Crippen LogP contribution in [-0.2, 0) is 0 Å². The zero-order chi connectivity index (χ0) is 30.8. The van der Waals surface area contributed by atoms with E-state index in [0.29, 0.717) is 11.8 Å². The molecule has 0 amide bonds. The van der Waals surface area contributed by atoms with Crippen LogP contribution in [0.4, 0.5) is 0 Å². The minimum absolute atomic E-state index is 0. The third kappa shape index (κ3) is 9.55. The summed E-state index contributed by atoms with van der Waals surface area (Å²) in [5.74, 6) is 1.22. The summed E-state index contributed by atoms with van der Waals surface area (Å²) in [6, 6.07) is 39.4. The van der Waals surface area contributed by atoms with Crippen LogP contribution < -0.4 is 0 Å². The summed E-state index contributed by atoms with van der Waals surface area (Å²) in [7, 11) is 0. The predicted octanol–water partition coefficient (Wildman–Crippen LogP) is 14.3. The molecule has 0 N–H and O–H groups in total. The molecule has 0 atom stereocenters. The van der Waals surface area contributed by atoms with Crippen LogP contribution in [0.2, 0.25) is 0 Å². The predicted molar refractivity (Wildman–Crippen MR) is 204 cm³/mol. The van der Waals surface area contributed by atoms with Gasteiger partial charge in [-0.3, -0.25) is 0 Å². The van der Waals surface area contributed by atoms with Crippen molar-refractivity contribution in [2.45, 2.75) is 95.9 Å². The summed E-state index contributed by atoms with van der Waals surface area (Å²) in [5.41, 5.74) is 8.28. The zero-order valence-corrected chi connectivity index (χ0v) is 27.5. The molecule has 0 bridgehead atoms. The average Bonchev–Trinajstić information content (AvgIpc) is 3.01. The van der Waals surface area contributed by atoms with Gasteiger partial charge in [0.1, 0.15) is 0 Å². The van der Waals surface area contributed by atoms with E-state index in [9.17, 15) is 0 Å². The van der Waals surface area contributed by atoms with Crippen LogP contribution in [0.5, 0.6) is 0 Å². The van der Waals surface area contributed by atoms with Crippen molar-refractivity contribution in [2.24, 2.45) is 0 Å². The molecule has 234 valence electrons. The monoisotopic (exact) mass is 586 g/mol. The number of hydrogen-bond donors (Lipinski definition) is 0. The molecule has 0 radical (unpaired) electrons. The molecule has 0 aromatic heterocycles. The quantitative estimate of drug-likeness (QED) is 0.189. The number of benzene rings is 6. The molecule has 44 heavy (non-hydrogen) atoms. The molecule has 0 saturated carbocycles. The molecule has 0 heteroatoms. The van der Waals surface area contributed by atoms with E-state index in [1.54, 1.807) is 0 Å². The maximum absolute atomic E-state index is 2.31. The summed E-state index contributed by atoms with van der Waals surface area (Å²) >= 11 is 0. The lowest BCUT2D eigenvalue weighted by Gasteiger charge is -2.08. The molecule has 0 aliphatic heterocycles. The smallest absolute Gasteiger partial charge is 0.0152 e. The lowest BCUT2D eigenvalue weighted by atomic mass is 9.97. The second-order valence-corrected chi connectivity index (χ2v) is 11.7. The zero-order valence-electron chi connectivity index (χ0n) is 27.5. The van der Waals surface area contributed by atoms with Crippen LogP contribution in [-0.4, -0.2) is 0 Å². The molecule has 0 fully saturated rings. The second-order valence-electron chi connectivity index (χ2n) is 11.7. The van der Waals surface area contributed by atoms with Crippen molar-refractivity contribution in [3.8, 4) is 0 Å². The van der Waals surface area contributed by atoms with Gasteiger partial charge in [0.25, 0.3) is 0 Å². The highest BCUT2D eigenvalue weighted by molar-refractivity contribution is 5.88. The Labute approximate surface area is 270 Å². The molecular formula is C44H58. The molecule has 0 unspecified atom stereocenters. The third-order valence-corrected chi connectivity index (χ3v) is 7.94.